The number of aryl methyl sites for hydroxylation is 1. The summed E-state index contributed by atoms with van der Waals surface area (Å²) in [5, 5.41) is 19.0. The molecule has 2 N–H and O–H groups in total. The molecule has 0 fully saturated rings. The summed E-state index contributed by atoms with van der Waals surface area (Å²) in [4.78, 5) is 0. The number of hydrogen-bond donors (Lipinski definition) is 2. The van der Waals surface area contributed by atoms with Gasteiger partial charge in [-0.3, -0.25) is 0 Å². The van der Waals surface area contributed by atoms with Gasteiger partial charge >= 0.3 is 0 Å². The van der Waals surface area contributed by atoms with Gasteiger partial charge in [-0.05, 0) is 44.0 Å². The van der Waals surface area contributed by atoms with Crippen molar-refractivity contribution in [1.29, 1.82) is 0 Å². The maximum absolute atomic E-state index is 9.59. The van der Waals surface area contributed by atoms with Crippen LogP contribution in [0.25, 0.3) is 0 Å². The normalized spacial score (nSPS) is 14.3. The summed E-state index contributed by atoms with van der Waals surface area (Å²) >= 11 is 0. The van der Waals surface area contributed by atoms with Gasteiger partial charge in [0.15, 0.2) is 0 Å². The first-order chi connectivity index (χ1) is 8.54. The molecule has 0 aliphatic carbocycles. The average molecular weight is 254 g/mol. The van der Waals surface area contributed by atoms with Crippen molar-refractivity contribution in [2.45, 2.75) is 33.0 Å². The highest BCUT2D eigenvalue weighted by molar-refractivity contribution is 5.36. The highest BCUT2D eigenvalue weighted by Crippen LogP contribution is 2.22. The molecule has 1 aromatic rings. The van der Waals surface area contributed by atoms with Crippen LogP contribution in [0.1, 0.15) is 31.1 Å². The second-order valence-electron chi connectivity index (χ2n) is 4.33. The van der Waals surface area contributed by atoms with Crippen molar-refractivity contribution in [1.82, 2.24) is 0 Å². The van der Waals surface area contributed by atoms with Crippen LogP contribution in [0.3, 0.4) is 0 Å². The first-order valence-corrected chi connectivity index (χ1v) is 6.21. The number of hydrogen-bond acceptors (Lipinski definition) is 4. The van der Waals surface area contributed by atoms with Crippen molar-refractivity contribution in [2.24, 2.45) is 0 Å². The van der Waals surface area contributed by atoms with E-state index in [1.54, 1.807) is 6.92 Å². The Kier molecular flexibility index (Phi) is 6.12. The number of rotatable bonds is 7. The van der Waals surface area contributed by atoms with Crippen LogP contribution >= 0.6 is 0 Å². The van der Waals surface area contributed by atoms with Gasteiger partial charge in [0.25, 0.3) is 0 Å². The predicted octanol–water partition coefficient (Wildman–Crippen LogP) is 1.82. The highest BCUT2D eigenvalue weighted by atomic mass is 16.5. The van der Waals surface area contributed by atoms with E-state index >= 15 is 0 Å². The summed E-state index contributed by atoms with van der Waals surface area (Å²) in [6.45, 7) is 6.58. The molecule has 1 aromatic carbocycles. The van der Waals surface area contributed by atoms with Gasteiger partial charge in [0.1, 0.15) is 18.5 Å². The smallest absolute Gasteiger partial charge is 0.122 e. The molecule has 0 bridgehead atoms. The molecule has 18 heavy (non-hydrogen) atoms. The fourth-order valence-corrected chi connectivity index (χ4v) is 1.58. The molecule has 0 aliphatic heterocycles. The molecule has 0 amide bonds. The van der Waals surface area contributed by atoms with Crippen LogP contribution in [0.4, 0.5) is 0 Å². The summed E-state index contributed by atoms with van der Waals surface area (Å²) in [5.41, 5.74) is 1.80. The minimum atomic E-state index is -0.624. The summed E-state index contributed by atoms with van der Waals surface area (Å²) in [5.74, 6) is 0.718. The maximum atomic E-state index is 9.59. The zero-order valence-electron chi connectivity index (χ0n) is 11.2. The monoisotopic (exact) mass is 254 g/mol. The van der Waals surface area contributed by atoms with E-state index in [0.29, 0.717) is 6.61 Å². The number of ether oxygens (including phenoxy) is 2. The summed E-state index contributed by atoms with van der Waals surface area (Å²) in [7, 11) is 0. The fraction of sp³-hybridized carbons (Fsp3) is 0.571. The van der Waals surface area contributed by atoms with E-state index in [0.717, 1.165) is 16.9 Å². The van der Waals surface area contributed by atoms with Crippen LogP contribution in [-0.4, -0.2) is 36.1 Å². The Morgan fingerprint density at radius 3 is 2.50 bits per heavy atom. The van der Waals surface area contributed by atoms with E-state index in [1.165, 1.54) is 0 Å². The first kappa shape index (κ1) is 15.0. The van der Waals surface area contributed by atoms with Gasteiger partial charge in [-0.15, -0.1) is 0 Å². The van der Waals surface area contributed by atoms with E-state index in [2.05, 4.69) is 0 Å². The van der Waals surface area contributed by atoms with Crippen molar-refractivity contribution in [3.05, 3.63) is 29.3 Å². The van der Waals surface area contributed by atoms with E-state index < -0.39 is 12.2 Å². The molecule has 0 aliphatic rings. The van der Waals surface area contributed by atoms with Gasteiger partial charge in [-0.2, -0.15) is 0 Å². The lowest BCUT2D eigenvalue weighted by Gasteiger charge is -2.15. The molecule has 0 radical (unpaired) electrons. The fourth-order valence-electron chi connectivity index (χ4n) is 1.58. The summed E-state index contributed by atoms with van der Waals surface area (Å²) in [6, 6.07) is 5.52. The van der Waals surface area contributed by atoms with Crippen molar-refractivity contribution in [3.8, 4) is 5.75 Å². The zero-order chi connectivity index (χ0) is 13.5. The molecule has 0 heterocycles. The third kappa shape index (κ3) is 4.64. The molecule has 0 saturated heterocycles. The van der Waals surface area contributed by atoms with E-state index in [1.807, 2.05) is 32.0 Å². The van der Waals surface area contributed by atoms with Gasteiger partial charge in [0, 0.05) is 6.61 Å². The zero-order valence-corrected chi connectivity index (χ0v) is 11.2. The largest absolute Gasteiger partial charge is 0.491 e. The molecule has 4 nitrogen and oxygen atoms in total. The predicted molar refractivity (Wildman–Crippen MR) is 69.8 cm³/mol. The molecule has 2 unspecified atom stereocenters. The van der Waals surface area contributed by atoms with Crippen LogP contribution in [0.15, 0.2) is 18.2 Å². The van der Waals surface area contributed by atoms with Crippen molar-refractivity contribution >= 4 is 0 Å². The molecular weight excluding hydrogens is 232 g/mol. The van der Waals surface area contributed by atoms with E-state index in [9.17, 15) is 10.2 Å². The molecule has 0 saturated carbocycles. The van der Waals surface area contributed by atoms with Crippen LogP contribution in [-0.2, 0) is 4.74 Å². The molecule has 0 spiro atoms. The Balaban J connectivity index is 2.52. The Labute approximate surface area is 108 Å². The second kappa shape index (κ2) is 7.36. The van der Waals surface area contributed by atoms with Gasteiger partial charge < -0.3 is 19.7 Å². The van der Waals surface area contributed by atoms with E-state index in [4.69, 9.17) is 9.47 Å². The summed E-state index contributed by atoms with van der Waals surface area (Å²) in [6.07, 6.45) is -1.11. The standard InChI is InChI=1S/C14H22O4/c1-4-17-8-13(16)9-18-14-6-5-12(11(3)15)7-10(14)2/h5-7,11,13,15-16H,4,8-9H2,1-3H3. The lowest BCUT2D eigenvalue weighted by Crippen LogP contribution is -2.23. The minimum absolute atomic E-state index is 0.203. The number of aliphatic hydroxyl groups excluding tert-OH is 2. The lowest BCUT2D eigenvalue weighted by atomic mass is 10.1. The van der Waals surface area contributed by atoms with Crippen molar-refractivity contribution in [3.63, 3.8) is 0 Å². The number of benzene rings is 1. The van der Waals surface area contributed by atoms with Gasteiger partial charge in [-0.25, -0.2) is 0 Å². The van der Waals surface area contributed by atoms with Crippen LogP contribution in [0, 0.1) is 6.92 Å². The first-order valence-electron chi connectivity index (χ1n) is 6.21. The molecule has 2 atom stereocenters. The molecule has 4 heteroatoms. The lowest BCUT2D eigenvalue weighted by molar-refractivity contribution is 0.0163. The third-order valence-electron chi connectivity index (χ3n) is 2.63. The second-order valence-corrected chi connectivity index (χ2v) is 4.33. The topological polar surface area (TPSA) is 58.9 Å². The molecule has 1 rings (SSSR count). The van der Waals surface area contributed by atoms with Gasteiger partial charge in [0.05, 0.1) is 12.7 Å². The molecular formula is C14H22O4. The Morgan fingerprint density at radius 2 is 1.94 bits per heavy atom. The van der Waals surface area contributed by atoms with Crippen LogP contribution < -0.4 is 4.74 Å². The number of aliphatic hydroxyl groups is 2. The Morgan fingerprint density at radius 1 is 1.22 bits per heavy atom. The quantitative estimate of drug-likeness (QED) is 0.779. The maximum Gasteiger partial charge on any atom is 0.122 e. The van der Waals surface area contributed by atoms with Crippen LogP contribution in [0.5, 0.6) is 5.75 Å². The van der Waals surface area contributed by atoms with Gasteiger partial charge in [-0.1, -0.05) is 6.07 Å². The van der Waals surface area contributed by atoms with Gasteiger partial charge in [0.2, 0.25) is 0 Å². The van der Waals surface area contributed by atoms with Crippen molar-refractivity contribution in [2.75, 3.05) is 19.8 Å². The SMILES string of the molecule is CCOCC(O)COc1ccc(C(C)O)cc1C. The van der Waals surface area contributed by atoms with Crippen LogP contribution in [0.2, 0.25) is 0 Å². The Hall–Kier alpha value is -1.10. The highest BCUT2D eigenvalue weighted by Gasteiger charge is 2.08. The molecule has 102 valence electrons. The third-order valence-corrected chi connectivity index (χ3v) is 2.63. The molecule has 0 aromatic heterocycles. The van der Waals surface area contributed by atoms with E-state index in [-0.39, 0.29) is 13.2 Å². The Bertz CT molecular complexity index is 363. The summed E-state index contributed by atoms with van der Waals surface area (Å²) < 4.78 is 10.6. The average Bonchev–Trinajstić information content (AvgIpc) is 2.34. The van der Waals surface area contributed by atoms with Crippen molar-refractivity contribution < 1.29 is 19.7 Å². The minimum Gasteiger partial charge on any atom is -0.491 e.